The molecular formula is C8H8Cl2N2O3. The lowest BCUT2D eigenvalue weighted by molar-refractivity contribution is -0.141. The summed E-state index contributed by atoms with van der Waals surface area (Å²) >= 11 is 11.0. The molecule has 15 heavy (non-hydrogen) atoms. The molecular weight excluding hydrogens is 243 g/mol. The highest BCUT2D eigenvalue weighted by atomic mass is 35.5. The van der Waals surface area contributed by atoms with Gasteiger partial charge in [0, 0.05) is 14.0 Å². The summed E-state index contributed by atoms with van der Waals surface area (Å²) in [4.78, 5) is 35.7. The highest BCUT2D eigenvalue weighted by Gasteiger charge is 2.37. The molecule has 0 aromatic carbocycles. The fraction of sp³-hybridized carbons (Fsp3) is 0.375. The Kier molecular flexibility index (Phi) is 3.36. The highest BCUT2D eigenvalue weighted by molar-refractivity contribution is 6.58. The predicted octanol–water partition coefficient (Wildman–Crippen LogP) is 0.480. The van der Waals surface area contributed by atoms with E-state index >= 15 is 0 Å². The second kappa shape index (κ2) is 4.20. The Balaban J connectivity index is 2.81. The number of hydrogen-bond acceptors (Lipinski definition) is 3. The average Bonchev–Trinajstić information content (AvgIpc) is 2.35. The standard InChI is InChI=1S/C8H8Cl2N2O3/c1-4(13)11(2)3-12-7(14)5(9)6(10)8(12)15/h3H2,1-2H3. The summed E-state index contributed by atoms with van der Waals surface area (Å²) in [6, 6.07) is 0. The predicted molar refractivity (Wildman–Crippen MR) is 53.9 cm³/mol. The van der Waals surface area contributed by atoms with Crippen molar-refractivity contribution in [2.75, 3.05) is 13.7 Å². The van der Waals surface area contributed by atoms with Gasteiger partial charge in [0.1, 0.15) is 16.7 Å². The minimum atomic E-state index is -0.681. The van der Waals surface area contributed by atoms with Gasteiger partial charge in [-0.3, -0.25) is 19.3 Å². The van der Waals surface area contributed by atoms with Crippen LogP contribution in [0.25, 0.3) is 0 Å². The minimum absolute atomic E-state index is 0.153. The van der Waals surface area contributed by atoms with Gasteiger partial charge in [-0.25, -0.2) is 0 Å². The molecule has 0 unspecified atom stereocenters. The molecule has 0 fully saturated rings. The molecule has 1 aliphatic rings. The molecule has 0 aromatic rings. The fourth-order valence-corrected chi connectivity index (χ4v) is 1.32. The number of nitrogens with zero attached hydrogens (tertiary/aromatic N) is 2. The molecule has 1 heterocycles. The molecule has 7 heteroatoms. The van der Waals surface area contributed by atoms with Crippen molar-refractivity contribution in [2.24, 2.45) is 0 Å². The van der Waals surface area contributed by atoms with E-state index in [4.69, 9.17) is 23.2 Å². The molecule has 0 spiro atoms. The normalized spacial score (nSPS) is 16.4. The molecule has 82 valence electrons. The summed E-state index contributed by atoms with van der Waals surface area (Å²) in [6.45, 7) is 1.17. The van der Waals surface area contributed by atoms with Gasteiger partial charge in [0.2, 0.25) is 5.91 Å². The van der Waals surface area contributed by atoms with Crippen LogP contribution in [-0.4, -0.2) is 41.2 Å². The van der Waals surface area contributed by atoms with Crippen LogP contribution in [0, 0.1) is 0 Å². The molecule has 1 aliphatic heterocycles. The number of halogens is 2. The van der Waals surface area contributed by atoms with E-state index in [1.54, 1.807) is 0 Å². The van der Waals surface area contributed by atoms with Crippen molar-refractivity contribution in [3.63, 3.8) is 0 Å². The third-order valence-corrected chi connectivity index (χ3v) is 2.75. The molecule has 5 nitrogen and oxygen atoms in total. The van der Waals surface area contributed by atoms with E-state index < -0.39 is 11.8 Å². The van der Waals surface area contributed by atoms with Crippen LogP contribution in [0.3, 0.4) is 0 Å². The quantitative estimate of drug-likeness (QED) is 0.670. The lowest BCUT2D eigenvalue weighted by Crippen LogP contribution is -2.42. The maximum atomic E-state index is 11.4. The maximum Gasteiger partial charge on any atom is 0.275 e. The number of carbonyl (C=O) groups excluding carboxylic acids is 3. The molecule has 1 rings (SSSR count). The van der Waals surface area contributed by atoms with Gasteiger partial charge in [0.15, 0.2) is 0 Å². The summed E-state index contributed by atoms with van der Waals surface area (Å²) in [5.41, 5.74) is 0. The first kappa shape index (κ1) is 12.0. The average molecular weight is 251 g/mol. The zero-order chi connectivity index (χ0) is 11.7. The van der Waals surface area contributed by atoms with Gasteiger partial charge in [-0.05, 0) is 0 Å². The van der Waals surface area contributed by atoms with Gasteiger partial charge >= 0.3 is 0 Å². The van der Waals surface area contributed by atoms with Crippen LogP contribution in [0.2, 0.25) is 0 Å². The first-order valence-electron chi connectivity index (χ1n) is 3.99. The Morgan fingerprint density at radius 2 is 1.67 bits per heavy atom. The molecule has 0 radical (unpaired) electrons. The van der Waals surface area contributed by atoms with Crippen molar-refractivity contribution in [3.05, 3.63) is 10.1 Å². The van der Waals surface area contributed by atoms with Crippen LogP contribution in [0.5, 0.6) is 0 Å². The molecule has 0 aromatic heterocycles. The summed E-state index contributed by atoms with van der Waals surface area (Å²) < 4.78 is 0. The van der Waals surface area contributed by atoms with Crippen molar-refractivity contribution in [1.82, 2.24) is 9.80 Å². The van der Waals surface area contributed by atoms with Crippen LogP contribution in [0.1, 0.15) is 6.92 Å². The third kappa shape index (κ3) is 2.13. The Morgan fingerprint density at radius 1 is 1.27 bits per heavy atom. The molecule has 0 bridgehead atoms. The zero-order valence-electron chi connectivity index (χ0n) is 8.08. The monoisotopic (exact) mass is 250 g/mol. The van der Waals surface area contributed by atoms with Gasteiger partial charge < -0.3 is 4.90 Å². The highest BCUT2D eigenvalue weighted by Crippen LogP contribution is 2.26. The Morgan fingerprint density at radius 3 is 2.00 bits per heavy atom. The van der Waals surface area contributed by atoms with Crippen LogP contribution >= 0.6 is 23.2 Å². The molecule has 0 N–H and O–H groups in total. The lowest BCUT2D eigenvalue weighted by atomic mass is 10.5. The van der Waals surface area contributed by atoms with Gasteiger partial charge in [-0.1, -0.05) is 23.2 Å². The molecule has 0 atom stereocenters. The summed E-state index contributed by atoms with van der Waals surface area (Å²) in [5, 5.41) is -0.614. The minimum Gasteiger partial charge on any atom is -0.328 e. The summed E-state index contributed by atoms with van der Waals surface area (Å²) in [5.74, 6) is -1.63. The van der Waals surface area contributed by atoms with Crippen LogP contribution in [0.4, 0.5) is 0 Å². The van der Waals surface area contributed by atoms with Gasteiger partial charge in [-0.15, -0.1) is 0 Å². The van der Waals surface area contributed by atoms with E-state index in [9.17, 15) is 14.4 Å². The first-order chi connectivity index (χ1) is 6.86. The fourth-order valence-electron chi connectivity index (χ4n) is 0.957. The Hall–Kier alpha value is -1.07. The van der Waals surface area contributed by atoms with Gasteiger partial charge in [0.25, 0.3) is 11.8 Å². The van der Waals surface area contributed by atoms with E-state index in [0.717, 1.165) is 4.90 Å². The third-order valence-electron chi connectivity index (χ3n) is 1.95. The molecule has 3 amide bonds. The first-order valence-corrected chi connectivity index (χ1v) is 4.75. The maximum absolute atomic E-state index is 11.4. The number of imide groups is 1. The van der Waals surface area contributed by atoms with Crippen molar-refractivity contribution in [1.29, 1.82) is 0 Å². The van der Waals surface area contributed by atoms with E-state index in [-0.39, 0.29) is 22.6 Å². The number of hydrogen-bond donors (Lipinski definition) is 0. The molecule has 0 aliphatic carbocycles. The van der Waals surface area contributed by atoms with Crippen molar-refractivity contribution >= 4 is 40.9 Å². The SMILES string of the molecule is CC(=O)N(C)CN1C(=O)C(Cl)=C(Cl)C1=O. The second-order valence-corrected chi connectivity index (χ2v) is 3.78. The van der Waals surface area contributed by atoms with E-state index in [0.29, 0.717) is 0 Å². The van der Waals surface area contributed by atoms with E-state index in [2.05, 4.69) is 0 Å². The van der Waals surface area contributed by atoms with Crippen molar-refractivity contribution in [3.8, 4) is 0 Å². The lowest BCUT2D eigenvalue weighted by Gasteiger charge is -2.21. The Labute approximate surface area is 96.2 Å². The summed E-state index contributed by atoms with van der Waals surface area (Å²) in [7, 11) is 1.46. The molecule has 0 saturated heterocycles. The topological polar surface area (TPSA) is 57.7 Å². The molecule has 0 saturated carbocycles. The van der Waals surface area contributed by atoms with Crippen LogP contribution < -0.4 is 0 Å². The van der Waals surface area contributed by atoms with Crippen molar-refractivity contribution < 1.29 is 14.4 Å². The number of rotatable bonds is 2. The number of amides is 3. The zero-order valence-corrected chi connectivity index (χ0v) is 9.59. The van der Waals surface area contributed by atoms with E-state index in [1.807, 2.05) is 0 Å². The van der Waals surface area contributed by atoms with E-state index in [1.165, 1.54) is 18.9 Å². The largest absolute Gasteiger partial charge is 0.328 e. The van der Waals surface area contributed by atoms with Crippen molar-refractivity contribution in [2.45, 2.75) is 6.92 Å². The van der Waals surface area contributed by atoms with Gasteiger partial charge in [0.05, 0.1) is 0 Å². The smallest absolute Gasteiger partial charge is 0.275 e. The Bertz CT molecular complexity index is 354. The van der Waals surface area contributed by atoms with Crippen LogP contribution in [0.15, 0.2) is 10.1 Å². The number of carbonyl (C=O) groups is 3. The van der Waals surface area contributed by atoms with Crippen LogP contribution in [-0.2, 0) is 14.4 Å². The summed E-state index contributed by atoms with van der Waals surface area (Å²) in [6.07, 6.45) is 0. The van der Waals surface area contributed by atoms with Gasteiger partial charge in [-0.2, -0.15) is 0 Å². The second-order valence-electron chi connectivity index (χ2n) is 3.02.